The molecule has 0 fully saturated rings. The Labute approximate surface area is 147 Å². The average Bonchev–Trinajstić information content (AvgIpc) is 2.90. The van der Waals surface area contributed by atoms with Gasteiger partial charge in [-0.1, -0.05) is 0 Å². The fraction of sp³-hybridized carbons (Fsp3) is 0.278. The first-order chi connectivity index (χ1) is 11.8. The summed E-state index contributed by atoms with van der Waals surface area (Å²) < 4.78 is 30.4. The zero-order valence-electron chi connectivity index (χ0n) is 14.3. The van der Waals surface area contributed by atoms with Crippen molar-refractivity contribution in [1.29, 1.82) is 0 Å². The number of benzene rings is 2. The smallest absolute Gasteiger partial charge is 0.255 e. The molecule has 132 valence electrons. The summed E-state index contributed by atoms with van der Waals surface area (Å²) in [6.07, 6.45) is 1.79. The van der Waals surface area contributed by atoms with E-state index in [0.717, 1.165) is 5.56 Å². The van der Waals surface area contributed by atoms with E-state index in [9.17, 15) is 13.2 Å². The molecule has 0 saturated heterocycles. The van der Waals surface area contributed by atoms with E-state index in [1.54, 1.807) is 49.6 Å². The number of sulfonamides is 1. The van der Waals surface area contributed by atoms with E-state index in [0.29, 0.717) is 29.1 Å². The number of nitrogens with one attached hydrogen (secondary N) is 1. The van der Waals surface area contributed by atoms with Gasteiger partial charge in [0.25, 0.3) is 5.91 Å². The van der Waals surface area contributed by atoms with E-state index in [1.165, 1.54) is 10.6 Å². The Balaban J connectivity index is 1.82. The fourth-order valence-corrected chi connectivity index (χ4v) is 4.39. The molecular formula is C18H20N2O4S. The van der Waals surface area contributed by atoms with E-state index < -0.39 is 10.0 Å². The number of hydrogen-bond donors (Lipinski definition) is 1. The quantitative estimate of drug-likeness (QED) is 0.909. The molecule has 1 aliphatic heterocycles. The maximum atomic E-state index is 12.5. The van der Waals surface area contributed by atoms with Crippen molar-refractivity contribution in [3.05, 3.63) is 53.6 Å². The van der Waals surface area contributed by atoms with Gasteiger partial charge < -0.3 is 10.1 Å². The van der Waals surface area contributed by atoms with Gasteiger partial charge in [-0.3, -0.25) is 9.10 Å². The molecule has 0 unspecified atom stereocenters. The summed E-state index contributed by atoms with van der Waals surface area (Å²) in [5.41, 5.74) is 2.67. The number of nitrogens with zero attached hydrogens (tertiary/aromatic N) is 1. The van der Waals surface area contributed by atoms with Crippen molar-refractivity contribution in [3.8, 4) is 5.75 Å². The molecule has 1 aliphatic rings. The highest BCUT2D eigenvalue weighted by atomic mass is 32.2. The second-order valence-electron chi connectivity index (χ2n) is 6.14. The number of methoxy groups -OCH3 is 1. The van der Waals surface area contributed by atoms with E-state index in [1.807, 2.05) is 6.92 Å². The van der Waals surface area contributed by atoms with Gasteiger partial charge in [-0.05, 0) is 61.4 Å². The largest absolute Gasteiger partial charge is 0.497 e. The summed E-state index contributed by atoms with van der Waals surface area (Å²) in [4.78, 5) is 12.5. The van der Waals surface area contributed by atoms with Crippen LogP contribution in [0, 0.1) is 0 Å². The molecule has 0 spiro atoms. The van der Waals surface area contributed by atoms with Gasteiger partial charge in [0.05, 0.1) is 19.1 Å². The summed E-state index contributed by atoms with van der Waals surface area (Å²) in [5.74, 6) is 0.476. The molecule has 1 heterocycles. The number of carbonyl (C=O) groups excluding carboxylic acids is 1. The molecule has 3 rings (SSSR count). The molecule has 0 aromatic heterocycles. The van der Waals surface area contributed by atoms with Crippen molar-refractivity contribution in [2.45, 2.75) is 19.4 Å². The van der Waals surface area contributed by atoms with Gasteiger partial charge in [0, 0.05) is 17.3 Å². The Hall–Kier alpha value is -2.54. The first kappa shape index (κ1) is 17.3. The lowest BCUT2D eigenvalue weighted by Crippen LogP contribution is -2.34. The van der Waals surface area contributed by atoms with Crippen LogP contribution in [0.5, 0.6) is 5.75 Å². The van der Waals surface area contributed by atoms with Crippen molar-refractivity contribution in [1.82, 2.24) is 0 Å². The standard InChI is InChI=1S/C18H20N2O4S/c1-12-10-14-11-13(4-9-17(14)20(12)25(3,22)23)18(21)19-15-5-7-16(24-2)8-6-15/h4-9,11-12H,10H2,1-3H3,(H,19,21)/t12-/m0/s1. The van der Waals surface area contributed by atoms with Crippen LogP contribution >= 0.6 is 0 Å². The molecular weight excluding hydrogens is 340 g/mol. The third kappa shape index (κ3) is 3.46. The lowest BCUT2D eigenvalue weighted by molar-refractivity contribution is 0.102. The molecule has 0 aliphatic carbocycles. The third-order valence-corrected chi connectivity index (χ3v) is 5.47. The van der Waals surface area contributed by atoms with Gasteiger partial charge in [0.2, 0.25) is 10.0 Å². The minimum absolute atomic E-state index is 0.148. The zero-order chi connectivity index (χ0) is 18.2. The molecule has 2 aromatic rings. The number of anilines is 2. The van der Waals surface area contributed by atoms with Crippen molar-refractivity contribution >= 4 is 27.3 Å². The SMILES string of the molecule is COc1ccc(NC(=O)c2ccc3c(c2)C[C@H](C)N3S(C)(=O)=O)cc1. The van der Waals surface area contributed by atoms with Crippen molar-refractivity contribution < 1.29 is 17.9 Å². The lowest BCUT2D eigenvalue weighted by Gasteiger charge is -2.21. The monoisotopic (exact) mass is 360 g/mol. The summed E-state index contributed by atoms with van der Waals surface area (Å²) in [5, 5.41) is 2.83. The number of rotatable bonds is 4. The van der Waals surface area contributed by atoms with E-state index >= 15 is 0 Å². The van der Waals surface area contributed by atoms with Crippen LogP contribution in [0.2, 0.25) is 0 Å². The van der Waals surface area contributed by atoms with Crippen LogP contribution < -0.4 is 14.4 Å². The van der Waals surface area contributed by atoms with Crippen LogP contribution in [0.3, 0.4) is 0 Å². The molecule has 0 saturated carbocycles. The maximum absolute atomic E-state index is 12.5. The van der Waals surface area contributed by atoms with E-state index in [-0.39, 0.29) is 11.9 Å². The predicted octanol–water partition coefficient (Wildman–Crippen LogP) is 2.66. The first-order valence-electron chi connectivity index (χ1n) is 7.87. The zero-order valence-corrected chi connectivity index (χ0v) is 15.1. The van der Waals surface area contributed by atoms with Crippen molar-refractivity contribution in [2.24, 2.45) is 0 Å². The molecule has 1 amide bonds. The molecule has 0 radical (unpaired) electrons. The Morgan fingerprint density at radius 2 is 1.88 bits per heavy atom. The predicted molar refractivity (Wildman–Crippen MR) is 97.9 cm³/mol. The second-order valence-corrected chi connectivity index (χ2v) is 8.00. The second kappa shape index (κ2) is 6.40. The van der Waals surface area contributed by atoms with Gasteiger partial charge in [-0.25, -0.2) is 8.42 Å². The summed E-state index contributed by atoms with van der Waals surface area (Å²) in [6, 6.07) is 12.0. The molecule has 1 atom stereocenters. The average molecular weight is 360 g/mol. The summed E-state index contributed by atoms with van der Waals surface area (Å²) >= 11 is 0. The number of amides is 1. The highest BCUT2D eigenvalue weighted by Crippen LogP contribution is 2.34. The van der Waals surface area contributed by atoms with E-state index in [2.05, 4.69) is 5.32 Å². The topological polar surface area (TPSA) is 75.7 Å². The van der Waals surface area contributed by atoms with Gasteiger partial charge in [0.15, 0.2) is 0 Å². The normalized spacial score (nSPS) is 16.4. The number of fused-ring (bicyclic) bond motifs is 1. The van der Waals surface area contributed by atoms with Gasteiger partial charge in [-0.15, -0.1) is 0 Å². The van der Waals surface area contributed by atoms with Crippen LogP contribution in [-0.2, 0) is 16.4 Å². The summed E-state index contributed by atoms with van der Waals surface area (Å²) in [7, 11) is -1.75. The Morgan fingerprint density at radius 1 is 1.20 bits per heavy atom. The van der Waals surface area contributed by atoms with Crippen LogP contribution in [0.25, 0.3) is 0 Å². The number of carbonyl (C=O) groups is 1. The maximum Gasteiger partial charge on any atom is 0.255 e. The van der Waals surface area contributed by atoms with Gasteiger partial charge >= 0.3 is 0 Å². The highest BCUT2D eigenvalue weighted by molar-refractivity contribution is 7.92. The third-order valence-electron chi connectivity index (χ3n) is 4.20. The lowest BCUT2D eigenvalue weighted by atomic mass is 10.1. The molecule has 25 heavy (non-hydrogen) atoms. The van der Waals surface area contributed by atoms with Crippen LogP contribution in [-0.4, -0.2) is 33.7 Å². The minimum atomic E-state index is -3.33. The van der Waals surface area contributed by atoms with Crippen LogP contribution in [0.1, 0.15) is 22.8 Å². The number of hydrogen-bond acceptors (Lipinski definition) is 4. The molecule has 1 N–H and O–H groups in total. The van der Waals surface area contributed by atoms with Crippen molar-refractivity contribution in [2.75, 3.05) is 23.0 Å². The fourth-order valence-electron chi connectivity index (χ4n) is 3.13. The molecule has 2 aromatic carbocycles. The molecule has 7 heteroatoms. The van der Waals surface area contributed by atoms with Crippen LogP contribution in [0.4, 0.5) is 11.4 Å². The van der Waals surface area contributed by atoms with Gasteiger partial charge in [0.1, 0.15) is 5.75 Å². The number of ether oxygens (including phenoxy) is 1. The van der Waals surface area contributed by atoms with E-state index in [4.69, 9.17) is 4.74 Å². The summed E-state index contributed by atoms with van der Waals surface area (Å²) in [6.45, 7) is 1.86. The Morgan fingerprint density at radius 3 is 2.48 bits per heavy atom. The van der Waals surface area contributed by atoms with Crippen LogP contribution in [0.15, 0.2) is 42.5 Å². The Kier molecular flexibility index (Phi) is 4.43. The highest BCUT2D eigenvalue weighted by Gasteiger charge is 2.32. The van der Waals surface area contributed by atoms with Crippen molar-refractivity contribution in [3.63, 3.8) is 0 Å². The Bertz CT molecular complexity index is 907. The minimum Gasteiger partial charge on any atom is -0.497 e. The first-order valence-corrected chi connectivity index (χ1v) is 9.72. The van der Waals surface area contributed by atoms with Gasteiger partial charge in [-0.2, -0.15) is 0 Å². The molecule has 0 bridgehead atoms. The molecule has 6 nitrogen and oxygen atoms in total.